The van der Waals surface area contributed by atoms with E-state index in [4.69, 9.17) is 0 Å². The quantitative estimate of drug-likeness (QED) is 0.635. The summed E-state index contributed by atoms with van der Waals surface area (Å²) in [6.07, 6.45) is 3.09. The van der Waals surface area contributed by atoms with Crippen molar-refractivity contribution in [3.63, 3.8) is 0 Å². The van der Waals surface area contributed by atoms with E-state index in [1.54, 1.807) is 17.0 Å². The van der Waals surface area contributed by atoms with E-state index in [2.05, 4.69) is 0 Å². The monoisotopic (exact) mass is 418 g/mol. The van der Waals surface area contributed by atoms with Gasteiger partial charge in [0.25, 0.3) is 5.91 Å². The molecule has 0 spiro atoms. The Hall–Kier alpha value is -3.71. The molecule has 1 N–H and O–H groups in total. The first-order valence-electron chi connectivity index (χ1n) is 9.27. The zero-order valence-corrected chi connectivity index (χ0v) is 16.7. The second kappa shape index (κ2) is 8.34. The summed E-state index contributed by atoms with van der Waals surface area (Å²) in [6.45, 7) is 0.183. The predicted molar refractivity (Wildman–Crippen MR) is 117 cm³/mol. The highest BCUT2D eigenvalue weighted by atomic mass is 32.1. The number of hydrogen-bond donors (Lipinski definition) is 1. The highest BCUT2D eigenvalue weighted by molar-refractivity contribution is 7.10. The van der Waals surface area contributed by atoms with Crippen LogP contribution in [0.5, 0.6) is 0 Å². The van der Waals surface area contributed by atoms with E-state index < -0.39 is 5.97 Å². The number of aromatic carboxylic acids is 1. The summed E-state index contributed by atoms with van der Waals surface area (Å²) in [7, 11) is 0. The Morgan fingerprint density at radius 3 is 2.53 bits per heavy atom. The van der Waals surface area contributed by atoms with Crippen molar-refractivity contribution >= 4 is 46.6 Å². The minimum atomic E-state index is -1.09. The molecule has 7 heteroatoms. The average molecular weight is 418 g/mol. The molecule has 30 heavy (non-hydrogen) atoms. The van der Waals surface area contributed by atoms with Gasteiger partial charge in [-0.3, -0.25) is 14.5 Å². The van der Waals surface area contributed by atoms with Crippen molar-refractivity contribution in [2.45, 2.75) is 6.54 Å². The van der Waals surface area contributed by atoms with Gasteiger partial charge in [0.1, 0.15) is 6.54 Å². The van der Waals surface area contributed by atoms with Crippen LogP contribution in [-0.4, -0.2) is 29.4 Å². The van der Waals surface area contributed by atoms with Gasteiger partial charge in [0, 0.05) is 11.0 Å². The molecular weight excluding hydrogens is 400 g/mol. The Bertz CT molecular complexity index is 1120. The fourth-order valence-electron chi connectivity index (χ4n) is 3.31. The number of carboxylic acids is 1. The lowest BCUT2D eigenvalue weighted by Gasteiger charge is -2.36. The van der Waals surface area contributed by atoms with Gasteiger partial charge in [0.15, 0.2) is 0 Å². The number of rotatable bonds is 5. The number of amides is 2. The van der Waals surface area contributed by atoms with Crippen molar-refractivity contribution in [2.75, 3.05) is 16.3 Å². The summed E-state index contributed by atoms with van der Waals surface area (Å²) in [6, 6.07) is 17.8. The highest BCUT2D eigenvalue weighted by Gasteiger charge is 2.32. The van der Waals surface area contributed by atoms with Crippen LogP contribution in [0.1, 0.15) is 20.8 Å². The molecule has 0 saturated heterocycles. The SMILES string of the molecule is O=C(O)c1ccc2c(c1)N(C(=O)/C=C/c1cccs1)CC(=O)N2Cc1ccccc1. The van der Waals surface area contributed by atoms with E-state index in [0.29, 0.717) is 17.9 Å². The van der Waals surface area contributed by atoms with Gasteiger partial charge in [-0.15, -0.1) is 11.3 Å². The van der Waals surface area contributed by atoms with Gasteiger partial charge in [0.2, 0.25) is 5.91 Å². The molecule has 0 bridgehead atoms. The van der Waals surface area contributed by atoms with Crippen LogP contribution in [0.2, 0.25) is 0 Å². The molecule has 0 radical (unpaired) electrons. The lowest BCUT2D eigenvalue weighted by molar-refractivity contribution is -0.120. The van der Waals surface area contributed by atoms with Gasteiger partial charge in [0.05, 0.1) is 23.5 Å². The number of carboxylic acid groups (broad SMARTS) is 1. The molecule has 2 aromatic carbocycles. The third kappa shape index (κ3) is 4.01. The van der Waals surface area contributed by atoms with Gasteiger partial charge in [-0.25, -0.2) is 4.79 Å². The van der Waals surface area contributed by atoms with Gasteiger partial charge >= 0.3 is 5.97 Å². The van der Waals surface area contributed by atoms with Crippen molar-refractivity contribution in [2.24, 2.45) is 0 Å². The molecule has 2 amide bonds. The number of hydrogen-bond acceptors (Lipinski definition) is 4. The molecule has 2 heterocycles. The molecule has 0 unspecified atom stereocenters. The summed E-state index contributed by atoms with van der Waals surface area (Å²) in [5.74, 6) is -1.70. The van der Waals surface area contributed by atoms with Gasteiger partial charge in [-0.05, 0) is 41.3 Å². The number of fused-ring (bicyclic) bond motifs is 1. The second-order valence-electron chi connectivity index (χ2n) is 6.75. The van der Waals surface area contributed by atoms with Crippen LogP contribution >= 0.6 is 11.3 Å². The first-order chi connectivity index (χ1) is 14.5. The van der Waals surface area contributed by atoms with Crippen LogP contribution in [0.4, 0.5) is 11.4 Å². The van der Waals surface area contributed by atoms with Crippen LogP contribution in [0.3, 0.4) is 0 Å². The van der Waals surface area contributed by atoms with E-state index in [1.165, 1.54) is 34.4 Å². The van der Waals surface area contributed by atoms with Crippen LogP contribution in [0.25, 0.3) is 6.08 Å². The topological polar surface area (TPSA) is 77.9 Å². The third-order valence-corrected chi connectivity index (χ3v) is 5.62. The van der Waals surface area contributed by atoms with Crippen LogP contribution in [0.15, 0.2) is 72.1 Å². The molecule has 6 nitrogen and oxygen atoms in total. The zero-order valence-electron chi connectivity index (χ0n) is 15.9. The zero-order chi connectivity index (χ0) is 21.1. The number of anilines is 2. The summed E-state index contributed by atoms with van der Waals surface area (Å²) < 4.78 is 0. The number of carbonyl (C=O) groups is 3. The Kier molecular flexibility index (Phi) is 5.45. The number of carbonyl (C=O) groups excluding carboxylic acids is 2. The molecular formula is C23H18N2O4S. The maximum absolute atomic E-state index is 12.9. The largest absolute Gasteiger partial charge is 0.478 e. The van der Waals surface area contributed by atoms with Gasteiger partial charge in [-0.1, -0.05) is 36.4 Å². The molecule has 150 valence electrons. The van der Waals surface area contributed by atoms with E-state index >= 15 is 0 Å². The Morgan fingerprint density at radius 1 is 1.03 bits per heavy atom. The molecule has 4 rings (SSSR count). The minimum Gasteiger partial charge on any atom is -0.478 e. The second-order valence-corrected chi connectivity index (χ2v) is 7.73. The van der Waals surface area contributed by atoms with Crippen molar-refractivity contribution in [3.8, 4) is 0 Å². The van der Waals surface area contributed by atoms with Crippen LogP contribution in [-0.2, 0) is 16.1 Å². The normalized spacial score (nSPS) is 13.5. The Labute approximate surface area is 177 Å². The van der Waals surface area contributed by atoms with E-state index in [1.807, 2.05) is 47.8 Å². The summed E-state index contributed by atoms with van der Waals surface area (Å²) in [5.41, 5.74) is 1.92. The van der Waals surface area contributed by atoms with E-state index in [-0.39, 0.29) is 23.9 Å². The number of nitrogens with zero attached hydrogens (tertiary/aromatic N) is 2. The smallest absolute Gasteiger partial charge is 0.335 e. The minimum absolute atomic E-state index is 0.0581. The average Bonchev–Trinajstić information content (AvgIpc) is 3.28. The van der Waals surface area contributed by atoms with Crippen molar-refractivity contribution in [3.05, 3.63) is 88.1 Å². The summed E-state index contributed by atoms with van der Waals surface area (Å²) in [5, 5.41) is 11.3. The molecule has 3 aromatic rings. The fraction of sp³-hybridized carbons (Fsp3) is 0.0870. The molecule has 0 aliphatic carbocycles. The molecule has 1 aromatic heterocycles. The van der Waals surface area contributed by atoms with E-state index in [9.17, 15) is 19.5 Å². The number of thiophene rings is 1. The third-order valence-electron chi connectivity index (χ3n) is 4.78. The van der Waals surface area contributed by atoms with Gasteiger partial charge < -0.3 is 10.0 Å². The predicted octanol–water partition coefficient (Wildman–Crippen LogP) is 4.04. The highest BCUT2D eigenvalue weighted by Crippen LogP contribution is 2.36. The van der Waals surface area contributed by atoms with Crippen molar-refractivity contribution in [1.82, 2.24) is 0 Å². The molecule has 1 aliphatic heterocycles. The van der Waals surface area contributed by atoms with Crippen molar-refractivity contribution < 1.29 is 19.5 Å². The number of benzene rings is 2. The Morgan fingerprint density at radius 2 is 1.83 bits per heavy atom. The molecule has 0 fully saturated rings. The fourth-order valence-corrected chi connectivity index (χ4v) is 3.92. The summed E-state index contributed by atoms with van der Waals surface area (Å²) in [4.78, 5) is 41.1. The standard InChI is InChI=1S/C23H18N2O4S/c26-21(11-9-18-7-4-12-30-18)25-15-22(27)24(14-16-5-2-1-3-6-16)19-10-8-17(23(28)29)13-20(19)25/h1-13H,14-15H2,(H,28,29)/b11-9+. The van der Waals surface area contributed by atoms with Crippen molar-refractivity contribution in [1.29, 1.82) is 0 Å². The molecule has 1 aliphatic rings. The van der Waals surface area contributed by atoms with Crippen LogP contribution < -0.4 is 9.80 Å². The molecule has 0 atom stereocenters. The van der Waals surface area contributed by atoms with Gasteiger partial charge in [-0.2, -0.15) is 0 Å². The van der Waals surface area contributed by atoms with E-state index in [0.717, 1.165) is 10.4 Å². The first kappa shape index (κ1) is 19.6. The maximum atomic E-state index is 12.9. The maximum Gasteiger partial charge on any atom is 0.335 e. The first-order valence-corrected chi connectivity index (χ1v) is 10.2. The Balaban J connectivity index is 1.71. The van der Waals surface area contributed by atoms with Crippen LogP contribution in [0, 0.1) is 0 Å². The summed E-state index contributed by atoms with van der Waals surface area (Å²) >= 11 is 1.50. The lowest BCUT2D eigenvalue weighted by atomic mass is 10.1. The lowest BCUT2D eigenvalue weighted by Crippen LogP contribution is -2.47. The molecule has 0 saturated carbocycles.